The summed E-state index contributed by atoms with van der Waals surface area (Å²) in [6.07, 6.45) is 2.16. The van der Waals surface area contributed by atoms with Crippen LogP contribution in [0.2, 0.25) is 0 Å². The molecule has 0 spiro atoms. The SMILES string of the molecule is NC(=O)c1cc(F)c(Cc2ccccc2)nc1C1CCNCC1. The minimum absolute atomic E-state index is 0.147. The van der Waals surface area contributed by atoms with Crippen molar-refractivity contribution < 1.29 is 9.18 Å². The Balaban J connectivity index is 1.98. The van der Waals surface area contributed by atoms with Crippen molar-refractivity contribution in [1.29, 1.82) is 0 Å². The molecule has 1 fully saturated rings. The van der Waals surface area contributed by atoms with Gasteiger partial charge >= 0.3 is 0 Å². The average Bonchev–Trinajstić information content (AvgIpc) is 2.58. The summed E-state index contributed by atoms with van der Waals surface area (Å²) in [7, 11) is 0. The molecule has 4 nitrogen and oxygen atoms in total. The van der Waals surface area contributed by atoms with Crippen LogP contribution in [-0.4, -0.2) is 24.0 Å². The molecule has 3 N–H and O–H groups in total. The van der Waals surface area contributed by atoms with Crippen LogP contribution in [0, 0.1) is 5.82 Å². The number of nitrogens with zero attached hydrogens (tertiary/aromatic N) is 1. The summed E-state index contributed by atoms with van der Waals surface area (Å²) in [5.74, 6) is -0.939. The number of amides is 1. The van der Waals surface area contributed by atoms with Crippen LogP contribution in [0.3, 0.4) is 0 Å². The van der Waals surface area contributed by atoms with Crippen LogP contribution in [-0.2, 0) is 6.42 Å². The number of carbonyl (C=O) groups excluding carboxylic acids is 1. The lowest BCUT2D eigenvalue weighted by Crippen LogP contribution is -2.29. The van der Waals surface area contributed by atoms with Crippen molar-refractivity contribution in [3.8, 4) is 0 Å². The van der Waals surface area contributed by atoms with E-state index in [4.69, 9.17) is 5.73 Å². The highest BCUT2D eigenvalue weighted by Crippen LogP contribution is 2.28. The highest BCUT2D eigenvalue weighted by Gasteiger charge is 2.24. The molecule has 0 saturated carbocycles. The predicted octanol–water partition coefficient (Wildman–Crippen LogP) is 2.38. The van der Waals surface area contributed by atoms with Crippen molar-refractivity contribution in [3.63, 3.8) is 0 Å². The molecule has 2 heterocycles. The Morgan fingerprint density at radius 3 is 2.61 bits per heavy atom. The zero-order chi connectivity index (χ0) is 16.2. The largest absolute Gasteiger partial charge is 0.366 e. The second-order valence-electron chi connectivity index (χ2n) is 5.90. The van der Waals surface area contributed by atoms with E-state index in [1.54, 1.807) is 0 Å². The van der Waals surface area contributed by atoms with Gasteiger partial charge in [-0.2, -0.15) is 0 Å². The first kappa shape index (κ1) is 15.6. The minimum Gasteiger partial charge on any atom is -0.366 e. The van der Waals surface area contributed by atoms with Crippen molar-refractivity contribution in [2.75, 3.05) is 13.1 Å². The number of nitrogens with one attached hydrogen (secondary N) is 1. The molecule has 0 radical (unpaired) electrons. The molecule has 1 saturated heterocycles. The van der Waals surface area contributed by atoms with E-state index in [-0.39, 0.29) is 11.5 Å². The average molecular weight is 313 g/mol. The molecular weight excluding hydrogens is 293 g/mol. The van der Waals surface area contributed by atoms with Gasteiger partial charge in [-0.05, 0) is 37.6 Å². The maximum atomic E-state index is 14.4. The zero-order valence-corrected chi connectivity index (χ0v) is 12.9. The Morgan fingerprint density at radius 2 is 1.96 bits per heavy atom. The van der Waals surface area contributed by atoms with E-state index in [9.17, 15) is 9.18 Å². The molecule has 120 valence electrons. The van der Waals surface area contributed by atoms with Crippen LogP contribution in [0.25, 0.3) is 0 Å². The third-order valence-corrected chi connectivity index (χ3v) is 4.28. The Hall–Kier alpha value is -2.27. The van der Waals surface area contributed by atoms with Gasteiger partial charge < -0.3 is 11.1 Å². The van der Waals surface area contributed by atoms with Crippen molar-refractivity contribution in [1.82, 2.24) is 10.3 Å². The van der Waals surface area contributed by atoms with E-state index < -0.39 is 11.7 Å². The minimum atomic E-state index is -0.615. The normalized spacial score (nSPS) is 15.5. The van der Waals surface area contributed by atoms with Crippen LogP contribution >= 0.6 is 0 Å². The molecule has 23 heavy (non-hydrogen) atoms. The molecule has 0 bridgehead atoms. The molecule has 1 aliphatic heterocycles. The number of hydrogen-bond donors (Lipinski definition) is 2. The van der Waals surface area contributed by atoms with Crippen LogP contribution in [0.5, 0.6) is 0 Å². The third-order valence-electron chi connectivity index (χ3n) is 4.28. The fourth-order valence-electron chi connectivity index (χ4n) is 3.06. The monoisotopic (exact) mass is 313 g/mol. The Kier molecular flexibility index (Phi) is 4.67. The fraction of sp³-hybridized carbons (Fsp3) is 0.333. The standard InChI is InChI=1S/C18H20FN3O/c19-15-11-14(18(20)23)17(13-6-8-21-9-7-13)22-16(15)10-12-4-2-1-3-5-12/h1-5,11,13,21H,6-10H2,(H2,20,23). The molecule has 1 aromatic carbocycles. The van der Waals surface area contributed by atoms with Gasteiger partial charge in [0, 0.05) is 12.3 Å². The van der Waals surface area contributed by atoms with Crippen molar-refractivity contribution in [3.05, 3.63) is 64.7 Å². The maximum absolute atomic E-state index is 14.4. The Bertz CT molecular complexity index is 697. The van der Waals surface area contributed by atoms with Crippen molar-refractivity contribution in [2.24, 2.45) is 5.73 Å². The Labute approximate surface area is 134 Å². The number of aromatic nitrogens is 1. The molecule has 1 aliphatic rings. The van der Waals surface area contributed by atoms with Gasteiger partial charge in [0.05, 0.1) is 17.0 Å². The summed E-state index contributed by atoms with van der Waals surface area (Å²) in [4.78, 5) is 16.2. The van der Waals surface area contributed by atoms with Gasteiger partial charge in [-0.15, -0.1) is 0 Å². The van der Waals surface area contributed by atoms with E-state index in [2.05, 4.69) is 10.3 Å². The third kappa shape index (κ3) is 3.56. The van der Waals surface area contributed by atoms with Crippen LogP contribution in [0.15, 0.2) is 36.4 Å². The first-order chi connectivity index (χ1) is 11.1. The lowest BCUT2D eigenvalue weighted by atomic mass is 9.90. The molecule has 0 aliphatic carbocycles. The van der Waals surface area contributed by atoms with E-state index in [1.807, 2.05) is 30.3 Å². The van der Waals surface area contributed by atoms with E-state index in [0.717, 1.165) is 31.5 Å². The summed E-state index contributed by atoms with van der Waals surface area (Å²) < 4.78 is 14.4. The molecule has 3 rings (SSSR count). The van der Waals surface area contributed by atoms with E-state index in [1.165, 1.54) is 6.07 Å². The number of benzene rings is 1. The van der Waals surface area contributed by atoms with E-state index in [0.29, 0.717) is 17.8 Å². The number of halogens is 1. The van der Waals surface area contributed by atoms with Crippen molar-refractivity contribution in [2.45, 2.75) is 25.2 Å². The summed E-state index contributed by atoms with van der Waals surface area (Å²) >= 11 is 0. The number of carbonyl (C=O) groups is 1. The summed E-state index contributed by atoms with van der Waals surface area (Å²) in [6.45, 7) is 1.74. The van der Waals surface area contributed by atoms with Crippen LogP contribution < -0.4 is 11.1 Å². The van der Waals surface area contributed by atoms with Crippen LogP contribution in [0.4, 0.5) is 4.39 Å². The second-order valence-corrected chi connectivity index (χ2v) is 5.90. The van der Waals surface area contributed by atoms with Gasteiger partial charge in [0.1, 0.15) is 5.82 Å². The highest BCUT2D eigenvalue weighted by atomic mass is 19.1. The zero-order valence-electron chi connectivity index (χ0n) is 12.9. The highest BCUT2D eigenvalue weighted by molar-refractivity contribution is 5.94. The molecule has 2 aromatic rings. The quantitative estimate of drug-likeness (QED) is 0.910. The van der Waals surface area contributed by atoms with Gasteiger partial charge in [0.25, 0.3) is 5.91 Å². The molecule has 1 aromatic heterocycles. The van der Waals surface area contributed by atoms with Gasteiger partial charge in [-0.1, -0.05) is 30.3 Å². The number of pyridine rings is 1. The van der Waals surface area contributed by atoms with Gasteiger partial charge in [-0.25, -0.2) is 4.39 Å². The van der Waals surface area contributed by atoms with Crippen LogP contribution in [0.1, 0.15) is 46.1 Å². The molecule has 0 atom stereocenters. The Morgan fingerprint density at radius 1 is 1.26 bits per heavy atom. The molecule has 5 heteroatoms. The number of primary amides is 1. The fourth-order valence-corrected chi connectivity index (χ4v) is 3.06. The summed E-state index contributed by atoms with van der Waals surface area (Å²) in [5.41, 5.74) is 7.65. The molecule has 1 amide bonds. The summed E-state index contributed by atoms with van der Waals surface area (Å²) in [5, 5.41) is 3.28. The first-order valence-corrected chi connectivity index (χ1v) is 7.89. The van der Waals surface area contributed by atoms with Gasteiger partial charge in [0.15, 0.2) is 0 Å². The number of hydrogen-bond acceptors (Lipinski definition) is 3. The van der Waals surface area contributed by atoms with E-state index >= 15 is 0 Å². The topological polar surface area (TPSA) is 68.0 Å². The first-order valence-electron chi connectivity index (χ1n) is 7.89. The van der Waals surface area contributed by atoms with Gasteiger partial charge in [0.2, 0.25) is 0 Å². The second kappa shape index (κ2) is 6.87. The molecule has 0 unspecified atom stereocenters. The van der Waals surface area contributed by atoms with Gasteiger partial charge in [-0.3, -0.25) is 9.78 Å². The molecular formula is C18H20FN3O. The number of nitrogens with two attached hydrogens (primary N) is 1. The van der Waals surface area contributed by atoms with Crippen molar-refractivity contribution >= 4 is 5.91 Å². The number of piperidine rings is 1. The summed E-state index contributed by atoms with van der Waals surface area (Å²) in [6, 6.07) is 10.9. The lowest BCUT2D eigenvalue weighted by molar-refractivity contribution is 0.0997. The smallest absolute Gasteiger partial charge is 0.250 e. The lowest BCUT2D eigenvalue weighted by Gasteiger charge is -2.24. The predicted molar refractivity (Wildman–Crippen MR) is 86.8 cm³/mol. The number of rotatable bonds is 4. The maximum Gasteiger partial charge on any atom is 0.250 e.